The SMILES string of the molecule is CN(C)CCNC(=O)c1ccc(Cl)c(C(C)(C)C)c1. The van der Waals surface area contributed by atoms with E-state index in [1.54, 1.807) is 12.1 Å². The zero-order valence-corrected chi connectivity index (χ0v) is 13.1. The fourth-order valence-corrected chi connectivity index (χ4v) is 2.14. The Morgan fingerprint density at radius 2 is 1.95 bits per heavy atom. The van der Waals surface area contributed by atoms with Crippen LogP contribution in [0.2, 0.25) is 5.02 Å². The van der Waals surface area contributed by atoms with E-state index in [1.165, 1.54) is 0 Å². The molecule has 0 radical (unpaired) electrons. The number of carbonyl (C=O) groups excluding carboxylic acids is 1. The summed E-state index contributed by atoms with van der Waals surface area (Å²) in [6.07, 6.45) is 0. The van der Waals surface area contributed by atoms with Gasteiger partial charge in [0.1, 0.15) is 0 Å². The minimum atomic E-state index is -0.0724. The first-order chi connectivity index (χ1) is 8.71. The van der Waals surface area contributed by atoms with Gasteiger partial charge in [-0.15, -0.1) is 0 Å². The Labute approximate surface area is 120 Å². The monoisotopic (exact) mass is 282 g/mol. The average molecular weight is 283 g/mol. The molecule has 106 valence electrons. The van der Waals surface area contributed by atoms with E-state index in [1.807, 2.05) is 25.1 Å². The second-order valence-corrected chi connectivity index (χ2v) is 6.41. The quantitative estimate of drug-likeness (QED) is 0.921. The van der Waals surface area contributed by atoms with E-state index in [2.05, 4.69) is 26.1 Å². The third kappa shape index (κ3) is 4.84. The Kier molecular flexibility index (Phi) is 5.39. The van der Waals surface area contributed by atoms with Crippen molar-refractivity contribution in [1.82, 2.24) is 10.2 Å². The van der Waals surface area contributed by atoms with Gasteiger partial charge in [-0.05, 0) is 43.3 Å². The highest BCUT2D eigenvalue weighted by atomic mass is 35.5. The van der Waals surface area contributed by atoms with Crippen LogP contribution in [-0.2, 0) is 5.41 Å². The Morgan fingerprint density at radius 3 is 2.47 bits per heavy atom. The van der Waals surface area contributed by atoms with Gasteiger partial charge in [0.15, 0.2) is 0 Å². The van der Waals surface area contributed by atoms with Gasteiger partial charge in [0.05, 0.1) is 0 Å². The molecule has 0 saturated heterocycles. The summed E-state index contributed by atoms with van der Waals surface area (Å²) in [6, 6.07) is 5.44. The molecule has 4 heteroatoms. The number of hydrogen-bond acceptors (Lipinski definition) is 2. The molecule has 0 heterocycles. The average Bonchev–Trinajstić information content (AvgIpc) is 2.27. The van der Waals surface area contributed by atoms with Crippen LogP contribution in [0.5, 0.6) is 0 Å². The van der Waals surface area contributed by atoms with E-state index >= 15 is 0 Å². The molecule has 0 aromatic heterocycles. The van der Waals surface area contributed by atoms with Crippen molar-refractivity contribution in [2.24, 2.45) is 0 Å². The molecule has 0 bridgehead atoms. The number of halogens is 1. The van der Waals surface area contributed by atoms with Gasteiger partial charge in [0.25, 0.3) is 5.91 Å². The van der Waals surface area contributed by atoms with Crippen LogP contribution in [0.3, 0.4) is 0 Å². The van der Waals surface area contributed by atoms with Crippen LogP contribution in [0.25, 0.3) is 0 Å². The molecule has 0 aliphatic heterocycles. The summed E-state index contributed by atoms with van der Waals surface area (Å²) < 4.78 is 0. The van der Waals surface area contributed by atoms with Crippen LogP contribution < -0.4 is 5.32 Å². The minimum absolute atomic E-state index is 0.0518. The van der Waals surface area contributed by atoms with Crippen LogP contribution in [-0.4, -0.2) is 38.0 Å². The number of amides is 1. The van der Waals surface area contributed by atoms with Crippen LogP contribution in [0.15, 0.2) is 18.2 Å². The van der Waals surface area contributed by atoms with Crippen molar-refractivity contribution in [2.45, 2.75) is 26.2 Å². The smallest absolute Gasteiger partial charge is 0.251 e. The molecule has 0 atom stereocenters. The summed E-state index contributed by atoms with van der Waals surface area (Å²) in [6.45, 7) is 7.72. The Morgan fingerprint density at radius 1 is 1.32 bits per heavy atom. The fourth-order valence-electron chi connectivity index (χ4n) is 1.74. The van der Waals surface area contributed by atoms with Crippen molar-refractivity contribution in [3.63, 3.8) is 0 Å². The predicted molar refractivity (Wildman–Crippen MR) is 81.0 cm³/mol. The highest BCUT2D eigenvalue weighted by Gasteiger charge is 2.19. The number of benzene rings is 1. The van der Waals surface area contributed by atoms with E-state index in [0.29, 0.717) is 17.1 Å². The molecular weight excluding hydrogens is 260 g/mol. The van der Waals surface area contributed by atoms with Crippen molar-refractivity contribution in [3.8, 4) is 0 Å². The Balaban J connectivity index is 2.82. The van der Waals surface area contributed by atoms with Gasteiger partial charge in [-0.3, -0.25) is 4.79 Å². The van der Waals surface area contributed by atoms with Gasteiger partial charge in [0, 0.05) is 23.7 Å². The van der Waals surface area contributed by atoms with Gasteiger partial charge >= 0.3 is 0 Å². The number of rotatable bonds is 4. The van der Waals surface area contributed by atoms with Crippen molar-refractivity contribution in [1.29, 1.82) is 0 Å². The molecule has 3 nitrogen and oxygen atoms in total. The van der Waals surface area contributed by atoms with E-state index in [4.69, 9.17) is 11.6 Å². The van der Waals surface area contributed by atoms with E-state index in [-0.39, 0.29) is 11.3 Å². The third-order valence-corrected chi connectivity index (χ3v) is 3.21. The first kappa shape index (κ1) is 16.0. The highest BCUT2D eigenvalue weighted by molar-refractivity contribution is 6.31. The van der Waals surface area contributed by atoms with Crippen molar-refractivity contribution in [3.05, 3.63) is 34.3 Å². The van der Waals surface area contributed by atoms with Crippen molar-refractivity contribution < 1.29 is 4.79 Å². The Hall–Kier alpha value is -1.06. The zero-order chi connectivity index (χ0) is 14.6. The lowest BCUT2D eigenvalue weighted by Crippen LogP contribution is -2.31. The number of likely N-dealkylation sites (N-methyl/N-ethyl adjacent to an activating group) is 1. The summed E-state index contributed by atoms with van der Waals surface area (Å²) in [7, 11) is 3.96. The summed E-state index contributed by atoms with van der Waals surface area (Å²) in [5.41, 5.74) is 1.58. The topological polar surface area (TPSA) is 32.3 Å². The van der Waals surface area contributed by atoms with E-state index in [0.717, 1.165) is 12.1 Å². The molecule has 1 rings (SSSR count). The van der Waals surface area contributed by atoms with E-state index < -0.39 is 0 Å². The second kappa shape index (κ2) is 6.40. The molecule has 1 N–H and O–H groups in total. The maximum atomic E-state index is 12.0. The number of nitrogens with one attached hydrogen (secondary N) is 1. The van der Waals surface area contributed by atoms with Crippen LogP contribution in [0, 0.1) is 0 Å². The first-order valence-corrected chi connectivity index (χ1v) is 6.82. The van der Waals surface area contributed by atoms with Gasteiger partial charge < -0.3 is 10.2 Å². The van der Waals surface area contributed by atoms with Gasteiger partial charge in [-0.25, -0.2) is 0 Å². The highest BCUT2D eigenvalue weighted by Crippen LogP contribution is 2.30. The molecule has 1 aromatic rings. The standard InChI is InChI=1S/C15H23ClN2O/c1-15(2,3)12-10-11(6-7-13(12)16)14(19)17-8-9-18(4)5/h6-7,10H,8-9H2,1-5H3,(H,17,19). The lowest BCUT2D eigenvalue weighted by Gasteiger charge is -2.21. The van der Waals surface area contributed by atoms with Crippen LogP contribution >= 0.6 is 11.6 Å². The molecule has 0 saturated carbocycles. The molecule has 0 spiro atoms. The molecule has 0 unspecified atom stereocenters. The summed E-state index contributed by atoms with van der Waals surface area (Å²) in [4.78, 5) is 14.1. The second-order valence-electron chi connectivity index (χ2n) is 6.00. The van der Waals surface area contributed by atoms with Crippen LogP contribution in [0.1, 0.15) is 36.7 Å². The summed E-state index contributed by atoms with van der Waals surface area (Å²) in [5.74, 6) is -0.0518. The Bertz CT molecular complexity index is 450. The third-order valence-electron chi connectivity index (χ3n) is 2.88. The molecule has 1 amide bonds. The number of carbonyl (C=O) groups is 1. The lowest BCUT2D eigenvalue weighted by atomic mass is 9.86. The normalized spacial score (nSPS) is 11.7. The molecule has 19 heavy (non-hydrogen) atoms. The van der Waals surface area contributed by atoms with Gasteiger partial charge in [-0.2, -0.15) is 0 Å². The van der Waals surface area contributed by atoms with Crippen molar-refractivity contribution in [2.75, 3.05) is 27.2 Å². The number of hydrogen-bond donors (Lipinski definition) is 1. The molecular formula is C15H23ClN2O. The lowest BCUT2D eigenvalue weighted by molar-refractivity contribution is 0.0951. The zero-order valence-electron chi connectivity index (χ0n) is 12.4. The van der Waals surface area contributed by atoms with Gasteiger partial charge in [-0.1, -0.05) is 32.4 Å². The molecule has 0 aliphatic carbocycles. The van der Waals surface area contributed by atoms with E-state index in [9.17, 15) is 4.79 Å². The largest absolute Gasteiger partial charge is 0.351 e. The summed E-state index contributed by atoms with van der Waals surface area (Å²) >= 11 is 6.19. The molecule has 1 aromatic carbocycles. The minimum Gasteiger partial charge on any atom is -0.351 e. The maximum absolute atomic E-state index is 12.0. The first-order valence-electron chi connectivity index (χ1n) is 6.45. The van der Waals surface area contributed by atoms with Crippen LogP contribution in [0.4, 0.5) is 0 Å². The molecule has 0 fully saturated rings. The predicted octanol–water partition coefficient (Wildman–Crippen LogP) is 2.93. The molecule has 0 aliphatic rings. The summed E-state index contributed by atoms with van der Waals surface area (Å²) in [5, 5.41) is 3.61. The fraction of sp³-hybridized carbons (Fsp3) is 0.533. The van der Waals surface area contributed by atoms with Crippen molar-refractivity contribution >= 4 is 17.5 Å². The maximum Gasteiger partial charge on any atom is 0.251 e. The number of nitrogens with zero attached hydrogens (tertiary/aromatic N) is 1. The van der Waals surface area contributed by atoms with Gasteiger partial charge in [0.2, 0.25) is 0 Å².